The lowest BCUT2D eigenvalue weighted by atomic mass is 10.2. The number of rotatable bonds is 4. The highest BCUT2D eigenvalue weighted by Gasteiger charge is 2.17. The third-order valence-corrected chi connectivity index (χ3v) is 4.46. The molecule has 23 heavy (non-hydrogen) atoms. The molecule has 2 aromatic rings. The Kier molecular flexibility index (Phi) is 4.43. The van der Waals surface area contributed by atoms with Crippen molar-refractivity contribution in [2.75, 3.05) is 17.4 Å². The van der Waals surface area contributed by atoms with E-state index < -0.39 is 0 Å². The number of aryl methyl sites for hydroxylation is 1. The average molecular weight is 377 g/mol. The Morgan fingerprint density at radius 1 is 1.13 bits per heavy atom. The normalized spacial score (nSPS) is 13.5. The third-order valence-electron chi connectivity index (χ3n) is 3.57. The minimum Gasteiger partial charge on any atom is -0.454 e. The Morgan fingerprint density at radius 2 is 1.87 bits per heavy atom. The third kappa shape index (κ3) is 3.59. The predicted molar refractivity (Wildman–Crippen MR) is 93.2 cm³/mol. The van der Waals surface area contributed by atoms with Crippen LogP contribution < -0.4 is 20.1 Å². The lowest BCUT2D eigenvalue weighted by molar-refractivity contribution is -0.116. The van der Waals surface area contributed by atoms with Gasteiger partial charge in [0.2, 0.25) is 12.7 Å². The number of carbonyl (C=O) groups excluding carboxylic acids is 1. The van der Waals surface area contributed by atoms with Crippen LogP contribution in [0.25, 0.3) is 0 Å². The summed E-state index contributed by atoms with van der Waals surface area (Å²) in [6, 6.07) is 10.9. The molecule has 0 saturated heterocycles. The monoisotopic (exact) mass is 376 g/mol. The topological polar surface area (TPSA) is 59.6 Å². The molecule has 0 aromatic heterocycles. The maximum Gasteiger partial charge on any atom is 0.246 e. The summed E-state index contributed by atoms with van der Waals surface area (Å²) < 4.78 is 11.6. The highest BCUT2D eigenvalue weighted by atomic mass is 79.9. The van der Waals surface area contributed by atoms with E-state index in [0.717, 1.165) is 15.7 Å². The first-order chi connectivity index (χ1) is 11.0. The zero-order valence-electron chi connectivity index (χ0n) is 12.9. The van der Waals surface area contributed by atoms with E-state index >= 15 is 0 Å². The molecule has 1 aliphatic rings. The summed E-state index contributed by atoms with van der Waals surface area (Å²) in [5.74, 6) is 1.22. The number of amides is 1. The van der Waals surface area contributed by atoms with Gasteiger partial charge in [0.1, 0.15) is 6.04 Å². The highest BCUT2D eigenvalue weighted by molar-refractivity contribution is 9.10. The molecule has 1 aliphatic heterocycles. The SMILES string of the molecule is Cc1cc(N[C@@H](C)C(=O)Nc2ccc3c(c2)OCO3)ccc1Br. The fourth-order valence-electron chi connectivity index (χ4n) is 2.27. The van der Waals surface area contributed by atoms with Gasteiger partial charge in [0.25, 0.3) is 0 Å². The number of anilines is 2. The van der Waals surface area contributed by atoms with Gasteiger partial charge in [-0.25, -0.2) is 0 Å². The molecule has 2 aromatic carbocycles. The van der Waals surface area contributed by atoms with Gasteiger partial charge in [-0.05, 0) is 49.7 Å². The van der Waals surface area contributed by atoms with Crippen LogP contribution in [0.15, 0.2) is 40.9 Å². The Hall–Kier alpha value is -2.21. The van der Waals surface area contributed by atoms with Crippen molar-refractivity contribution < 1.29 is 14.3 Å². The van der Waals surface area contributed by atoms with Gasteiger partial charge in [-0.2, -0.15) is 0 Å². The number of ether oxygens (including phenoxy) is 2. The molecule has 5 nitrogen and oxygen atoms in total. The van der Waals surface area contributed by atoms with E-state index in [9.17, 15) is 4.79 Å². The van der Waals surface area contributed by atoms with E-state index in [1.807, 2.05) is 32.0 Å². The molecule has 1 atom stereocenters. The molecule has 1 amide bonds. The summed E-state index contributed by atoms with van der Waals surface area (Å²) in [5, 5.41) is 6.06. The summed E-state index contributed by atoms with van der Waals surface area (Å²) in [5.41, 5.74) is 2.69. The fraction of sp³-hybridized carbons (Fsp3) is 0.235. The molecular weight excluding hydrogens is 360 g/mol. The minimum atomic E-state index is -0.374. The van der Waals surface area contributed by atoms with E-state index in [1.165, 1.54) is 0 Å². The number of hydrogen-bond donors (Lipinski definition) is 2. The second kappa shape index (κ2) is 6.50. The lowest BCUT2D eigenvalue weighted by Gasteiger charge is -2.16. The molecule has 0 unspecified atom stereocenters. The van der Waals surface area contributed by atoms with Crippen LogP contribution in [0.5, 0.6) is 11.5 Å². The number of fused-ring (bicyclic) bond motifs is 1. The quantitative estimate of drug-likeness (QED) is 0.848. The molecule has 6 heteroatoms. The maximum atomic E-state index is 12.3. The number of halogens is 1. The van der Waals surface area contributed by atoms with E-state index in [2.05, 4.69) is 26.6 Å². The molecule has 0 aliphatic carbocycles. The summed E-state index contributed by atoms with van der Waals surface area (Å²) >= 11 is 3.46. The van der Waals surface area contributed by atoms with Crippen LogP contribution in [0.1, 0.15) is 12.5 Å². The van der Waals surface area contributed by atoms with Gasteiger partial charge in [0, 0.05) is 21.9 Å². The molecule has 0 bridgehead atoms. The van der Waals surface area contributed by atoms with Gasteiger partial charge >= 0.3 is 0 Å². The van der Waals surface area contributed by atoms with Crippen LogP contribution in [0.2, 0.25) is 0 Å². The molecule has 2 N–H and O–H groups in total. The van der Waals surface area contributed by atoms with Crippen LogP contribution in [0.4, 0.5) is 11.4 Å². The van der Waals surface area contributed by atoms with Crippen LogP contribution in [0.3, 0.4) is 0 Å². The van der Waals surface area contributed by atoms with E-state index in [4.69, 9.17) is 9.47 Å². The Balaban J connectivity index is 1.64. The van der Waals surface area contributed by atoms with Crippen LogP contribution in [-0.4, -0.2) is 18.7 Å². The van der Waals surface area contributed by atoms with Crippen LogP contribution in [-0.2, 0) is 4.79 Å². The second-order valence-corrected chi connectivity index (χ2v) is 6.24. The van der Waals surface area contributed by atoms with Crippen molar-refractivity contribution in [3.8, 4) is 11.5 Å². The number of benzene rings is 2. The summed E-state index contributed by atoms with van der Waals surface area (Å²) in [6.07, 6.45) is 0. The van der Waals surface area contributed by atoms with Gasteiger partial charge in [0.15, 0.2) is 11.5 Å². The molecule has 3 rings (SSSR count). The molecule has 1 heterocycles. The van der Waals surface area contributed by atoms with Crippen molar-refractivity contribution in [3.63, 3.8) is 0 Å². The Bertz CT molecular complexity index is 749. The first kappa shape index (κ1) is 15.7. The first-order valence-electron chi connectivity index (χ1n) is 7.26. The predicted octanol–water partition coefficient (Wildman–Crippen LogP) is 3.93. The van der Waals surface area contributed by atoms with Gasteiger partial charge in [-0.3, -0.25) is 4.79 Å². The van der Waals surface area contributed by atoms with Crippen LogP contribution >= 0.6 is 15.9 Å². The van der Waals surface area contributed by atoms with E-state index in [1.54, 1.807) is 18.2 Å². The molecule has 0 spiro atoms. The minimum absolute atomic E-state index is 0.121. The zero-order valence-corrected chi connectivity index (χ0v) is 14.4. The van der Waals surface area contributed by atoms with E-state index in [-0.39, 0.29) is 18.7 Å². The Labute approximate surface area is 143 Å². The lowest BCUT2D eigenvalue weighted by Crippen LogP contribution is -2.31. The van der Waals surface area contributed by atoms with Crippen molar-refractivity contribution in [2.24, 2.45) is 0 Å². The highest BCUT2D eigenvalue weighted by Crippen LogP contribution is 2.34. The van der Waals surface area contributed by atoms with Crippen molar-refractivity contribution in [3.05, 3.63) is 46.4 Å². The molecule has 120 valence electrons. The maximum absolute atomic E-state index is 12.3. The first-order valence-corrected chi connectivity index (χ1v) is 8.05. The smallest absolute Gasteiger partial charge is 0.246 e. The standard InChI is InChI=1S/C17H17BrN2O3/c1-10-7-12(3-5-14(10)18)19-11(2)17(21)20-13-4-6-15-16(8-13)23-9-22-15/h3-8,11,19H,9H2,1-2H3,(H,20,21)/t11-/m0/s1. The van der Waals surface area contributed by atoms with Gasteiger partial charge in [0.05, 0.1) is 0 Å². The summed E-state index contributed by atoms with van der Waals surface area (Å²) in [4.78, 5) is 12.3. The second-order valence-electron chi connectivity index (χ2n) is 5.39. The number of hydrogen-bond acceptors (Lipinski definition) is 4. The molecule has 0 radical (unpaired) electrons. The van der Waals surface area contributed by atoms with E-state index in [0.29, 0.717) is 17.2 Å². The molecule has 0 fully saturated rings. The summed E-state index contributed by atoms with van der Waals surface area (Å²) in [7, 11) is 0. The van der Waals surface area contributed by atoms with Gasteiger partial charge in [-0.15, -0.1) is 0 Å². The summed E-state index contributed by atoms with van der Waals surface area (Å²) in [6.45, 7) is 4.04. The zero-order chi connectivity index (χ0) is 16.4. The van der Waals surface area contributed by atoms with Gasteiger partial charge < -0.3 is 20.1 Å². The Morgan fingerprint density at radius 3 is 2.65 bits per heavy atom. The average Bonchev–Trinajstić information content (AvgIpc) is 2.98. The number of nitrogens with one attached hydrogen (secondary N) is 2. The van der Waals surface area contributed by atoms with Crippen molar-refractivity contribution in [1.82, 2.24) is 0 Å². The largest absolute Gasteiger partial charge is 0.454 e. The van der Waals surface area contributed by atoms with Crippen molar-refractivity contribution in [1.29, 1.82) is 0 Å². The number of carbonyl (C=O) groups is 1. The van der Waals surface area contributed by atoms with Gasteiger partial charge in [-0.1, -0.05) is 15.9 Å². The molecule has 0 saturated carbocycles. The van der Waals surface area contributed by atoms with Crippen molar-refractivity contribution >= 4 is 33.2 Å². The van der Waals surface area contributed by atoms with Crippen molar-refractivity contribution in [2.45, 2.75) is 19.9 Å². The fourth-order valence-corrected chi connectivity index (χ4v) is 2.52. The van der Waals surface area contributed by atoms with Crippen LogP contribution in [0, 0.1) is 6.92 Å². The molecular formula is C17H17BrN2O3.